The molecule has 0 radical (unpaired) electrons. The van der Waals surface area contributed by atoms with Gasteiger partial charge in [0, 0.05) is 18.8 Å². The molecule has 3 heteroatoms. The molecule has 0 amide bonds. The number of aliphatic hydroxyl groups is 1. The first-order valence-electron chi connectivity index (χ1n) is 5.34. The van der Waals surface area contributed by atoms with Crippen LogP contribution in [0, 0.1) is 5.92 Å². The molecule has 1 N–H and O–H groups in total. The SMILES string of the molecule is CC1CCCCC1(O)c1cnn(C)c1. The van der Waals surface area contributed by atoms with E-state index >= 15 is 0 Å². The van der Waals surface area contributed by atoms with Gasteiger partial charge < -0.3 is 5.11 Å². The Hall–Kier alpha value is -0.830. The van der Waals surface area contributed by atoms with Crippen molar-refractivity contribution in [2.24, 2.45) is 13.0 Å². The van der Waals surface area contributed by atoms with Crippen LogP contribution in [-0.4, -0.2) is 14.9 Å². The van der Waals surface area contributed by atoms with Crippen molar-refractivity contribution >= 4 is 0 Å². The molecule has 2 rings (SSSR count). The molecule has 0 aromatic carbocycles. The minimum atomic E-state index is -0.632. The molecular weight excluding hydrogens is 176 g/mol. The third kappa shape index (κ3) is 1.46. The average Bonchev–Trinajstić information content (AvgIpc) is 2.58. The molecule has 1 aromatic heterocycles. The molecule has 78 valence electrons. The van der Waals surface area contributed by atoms with Crippen LogP contribution in [0.2, 0.25) is 0 Å². The third-order valence-corrected chi connectivity index (χ3v) is 3.47. The highest BCUT2D eigenvalue weighted by molar-refractivity contribution is 5.17. The minimum Gasteiger partial charge on any atom is -0.385 e. The zero-order valence-electron chi connectivity index (χ0n) is 8.90. The molecule has 3 nitrogen and oxygen atoms in total. The summed E-state index contributed by atoms with van der Waals surface area (Å²) in [7, 11) is 1.89. The molecule has 1 fully saturated rings. The molecule has 2 unspecified atom stereocenters. The highest BCUT2D eigenvalue weighted by atomic mass is 16.3. The molecule has 1 saturated carbocycles. The van der Waals surface area contributed by atoms with Crippen molar-refractivity contribution in [3.8, 4) is 0 Å². The molecule has 2 atom stereocenters. The molecule has 0 spiro atoms. The first-order chi connectivity index (χ1) is 6.63. The maximum atomic E-state index is 10.6. The molecule has 1 aromatic rings. The van der Waals surface area contributed by atoms with Crippen LogP contribution in [0.3, 0.4) is 0 Å². The summed E-state index contributed by atoms with van der Waals surface area (Å²) < 4.78 is 1.76. The van der Waals surface area contributed by atoms with Gasteiger partial charge in [-0.1, -0.05) is 19.8 Å². The maximum Gasteiger partial charge on any atom is 0.0952 e. The van der Waals surface area contributed by atoms with Crippen LogP contribution < -0.4 is 0 Å². The summed E-state index contributed by atoms with van der Waals surface area (Å²) in [6.07, 6.45) is 8.08. The van der Waals surface area contributed by atoms with Crippen molar-refractivity contribution in [1.29, 1.82) is 0 Å². The Bertz CT molecular complexity index is 321. The minimum absolute atomic E-state index is 0.348. The Labute approximate surface area is 84.7 Å². The summed E-state index contributed by atoms with van der Waals surface area (Å²) in [6.45, 7) is 2.13. The van der Waals surface area contributed by atoms with Crippen LogP contribution >= 0.6 is 0 Å². The van der Waals surface area contributed by atoms with E-state index < -0.39 is 5.60 Å². The lowest BCUT2D eigenvalue weighted by molar-refractivity contribution is -0.0470. The Morgan fingerprint density at radius 3 is 2.93 bits per heavy atom. The van der Waals surface area contributed by atoms with Crippen LogP contribution in [0.4, 0.5) is 0 Å². The van der Waals surface area contributed by atoms with Crippen molar-refractivity contribution in [2.45, 2.75) is 38.2 Å². The summed E-state index contributed by atoms with van der Waals surface area (Å²) in [5.41, 5.74) is 0.346. The average molecular weight is 194 g/mol. The molecule has 1 aliphatic rings. The van der Waals surface area contributed by atoms with Crippen molar-refractivity contribution < 1.29 is 5.11 Å². The molecule has 14 heavy (non-hydrogen) atoms. The van der Waals surface area contributed by atoms with E-state index in [0.29, 0.717) is 5.92 Å². The second kappa shape index (κ2) is 3.39. The van der Waals surface area contributed by atoms with Gasteiger partial charge in [-0.15, -0.1) is 0 Å². The van der Waals surface area contributed by atoms with Crippen LogP contribution in [0.1, 0.15) is 38.2 Å². The van der Waals surface area contributed by atoms with E-state index in [9.17, 15) is 5.11 Å². The van der Waals surface area contributed by atoms with Gasteiger partial charge in [-0.2, -0.15) is 5.10 Å². The van der Waals surface area contributed by atoms with Crippen LogP contribution in [-0.2, 0) is 12.6 Å². The smallest absolute Gasteiger partial charge is 0.0952 e. The molecule has 0 aliphatic heterocycles. The number of hydrogen-bond acceptors (Lipinski definition) is 2. The predicted molar refractivity (Wildman–Crippen MR) is 54.7 cm³/mol. The second-order valence-electron chi connectivity index (χ2n) is 4.47. The van der Waals surface area contributed by atoms with Crippen molar-refractivity contribution in [3.05, 3.63) is 18.0 Å². The molecule has 1 heterocycles. The van der Waals surface area contributed by atoms with E-state index in [0.717, 1.165) is 24.8 Å². The van der Waals surface area contributed by atoms with Gasteiger partial charge >= 0.3 is 0 Å². The quantitative estimate of drug-likeness (QED) is 0.740. The van der Waals surface area contributed by atoms with Gasteiger partial charge in [0.1, 0.15) is 0 Å². The fourth-order valence-corrected chi connectivity index (χ4v) is 2.40. The van der Waals surface area contributed by atoms with E-state index in [2.05, 4.69) is 12.0 Å². The Morgan fingerprint density at radius 1 is 1.57 bits per heavy atom. The van der Waals surface area contributed by atoms with E-state index in [-0.39, 0.29) is 0 Å². The van der Waals surface area contributed by atoms with Crippen LogP contribution in [0.5, 0.6) is 0 Å². The van der Waals surface area contributed by atoms with Crippen molar-refractivity contribution in [2.75, 3.05) is 0 Å². The van der Waals surface area contributed by atoms with Crippen molar-refractivity contribution in [1.82, 2.24) is 9.78 Å². The molecular formula is C11H18N2O. The number of aryl methyl sites for hydroxylation is 1. The lowest BCUT2D eigenvalue weighted by Gasteiger charge is -2.37. The monoisotopic (exact) mass is 194 g/mol. The maximum absolute atomic E-state index is 10.6. The number of nitrogens with zero attached hydrogens (tertiary/aromatic N) is 2. The van der Waals surface area contributed by atoms with Crippen LogP contribution in [0.15, 0.2) is 12.4 Å². The van der Waals surface area contributed by atoms with Crippen LogP contribution in [0.25, 0.3) is 0 Å². The zero-order valence-corrected chi connectivity index (χ0v) is 8.90. The summed E-state index contributed by atoms with van der Waals surface area (Å²) in [6, 6.07) is 0. The lowest BCUT2D eigenvalue weighted by Crippen LogP contribution is -2.36. The van der Waals surface area contributed by atoms with Gasteiger partial charge in [0.05, 0.1) is 11.8 Å². The van der Waals surface area contributed by atoms with Gasteiger partial charge in [0.15, 0.2) is 0 Å². The van der Waals surface area contributed by atoms with Gasteiger partial charge in [0.2, 0.25) is 0 Å². The van der Waals surface area contributed by atoms with Gasteiger partial charge in [-0.05, 0) is 18.8 Å². The zero-order chi connectivity index (χ0) is 10.2. The summed E-state index contributed by atoms with van der Waals surface area (Å²) in [5, 5.41) is 14.7. The Balaban J connectivity index is 2.29. The Morgan fingerprint density at radius 2 is 2.36 bits per heavy atom. The standard InChI is InChI=1S/C11H18N2O/c1-9-5-3-4-6-11(9,14)10-7-12-13(2)8-10/h7-9,14H,3-6H2,1-2H3. The fourth-order valence-electron chi connectivity index (χ4n) is 2.40. The molecule has 0 bridgehead atoms. The lowest BCUT2D eigenvalue weighted by atomic mass is 9.73. The summed E-state index contributed by atoms with van der Waals surface area (Å²) in [5.74, 6) is 0.348. The highest BCUT2D eigenvalue weighted by Crippen LogP contribution is 2.40. The first-order valence-corrected chi connectivity index (χ1v) is 5.34. The predicted octanol–water partition coefficient (Wildman–Crippen LogP) is 1.82. The second-order valence-corrected chi connectivity index (χ2v) is 4.47. The number of rotatable bonds is 1. The largest absolute Gasteiger partial charge is 0.385 e. The fraction of sp³-hybridized carbons (Fsp3) is 0.727. The summed E-state index contributed by atoms with van der Waals surface area (Å²) >= 11 is 0. The summed E-state index contributed by atoms with van der Waals surface area (Å²) in [4.78, 5) is 0. The van der Waals surface area contributed by atoms with E-state index in [1.807, 2.05) is 13.2 Å². The van der Waals surface area contributed by atoms with Gasteiger partial charge in [-0.25, -0.2) is 0 Å². The molecule has 0 saturated heterocycles. The molecule has 1 aliphatic carbocycles. The highest BCUT2D eigenvalue weighted by Gasteiger charge is 2.38. The third-order valence-electron chi connectivity index (χ3n) is 3.47. The van der Waals surface area contributed by atoms with E-state index in [1.54, 1.807) is 10.9 Å². The van der Waals surface area contributed by atoms with Gasteiger partial charge in [-0.3, -0.25) is 4.68 Å². The van der Waals surface area contributed by atoms with Gasteiger partial charge in [0.25, 0.3) is 0 Å². The number of hydrogen-bond donors (Lipinski definition) is 1. The Kier molecular flexibility index (Phi) is 2.35. The van der Waals surface area contributed by atoms with E-state index in [1.165, 1.54) is 6.42 Å². The number of aromatic nitrogens is 2. The normalized spacial score (nSPS) is 33.2. The first kappa shape index (κ1) is 9.71. The topological polar surface area (TPSA) is 38.1 Å². The van der Waals surface area contributed by atoms with E-state index in [4.69, 9.17) is 0 Å². The van der Waals surface area contributed by atoms with Crippen molar-refractivity contribution in [3.63, 3.8) is 0 Å².